The molecule has 4 aromatic rings. The van der Waals surface area contributed by atoms with Gasteiger partial charge in [-0.25, -0.2) is 4.98 Å². The van der Waals surface area contributed by atoms with Crippen LogP contribution in [0, 0.1) is 6.92 Å². The fraction of sp³-hybridized carbons (Fsp3) is 0.250. The van der Waals surface area contributed by atoms with Crippen LogP contribution in [0.1, 0.15) is 57.7 Å². The van der Waals surface area contributed by atoms with Gasteiger partial charge in [-0.1, -0.05) is 12.2 Å². The van der Waals surface area contributed by atoms with Gasteiger partial charge in [0, 0.05) is 43.0 Å². The second-order valence-corrected chi connectivity index (χ2v) is 11.6. The van der Waals surface area contributed by atoms with Crippen LogP contribution in [0.5, 0.6) is 11.5 Å². The molecule has 2 aromatic heterocycles. The summed E-state index contributed by atoms with van der Waals surface area (Å²) in [5, 5.41) is 7.19. The van der Waals surface area contributed by atoms with Gasteiger partial charge in [0.25, 0.3) is 18.3 Å². The molecule has 4 amide bonds. The highest BCUT2D eigenvalue weighted by Gasteiger charge is 2.27. The number of aryl methyl sites for hydroxylation is 2. The Bertz CT molecular complexity index is 2230. The van der Waals surface area contributed by atoms with E-state index in [1.54, 1.807) is 48.2 Å². The Morgan fingerprint density at radius 2 is 1.70 bits per heavy atom. The number of rotatable bonds is 17. The maximum atomic E-state index is 14.2. The van der Waals surface area contributed by atoms with Crippen molar-refractivity contribution < 1.29 is 33.4 Å². The second kappa shape index (κ2) is 17.4. The predicted octanol–water partition coefficient (Wildman–Crippen LogP) is 2.80. The first-order valence-corrected chi connectivity index (χ1v) is 16.5. The highest BCUT2D eigenvalue weighted by atomic mass is 16.5. The van der Waals surface area contributed by atoms with E-state index in [-0.39, 0.29) is 71.8 Å². The van der Waals surface area contributed by atoms with Crippen molar-refractivity contribution in [1.29, 1.82) is 0 Å². The highest BCUT2D eigenvalue weighted by molar-refractivity contribution is 6.48. The molecule has 7 N–H and O–H groups in total. The minimum atomic E-state index is -0.835. The van der Waals surface area contributed by atoms with E-state index >= 15 is 0 Å². The van der Waals surface area contributed by atoms with Crippen LogP contribution in [0.15, 0.2) is 64.2 Å². The number of imidazole rings is 1. The fourth-order valence-corrected chi connectivity index (χ4v) is 5.54. The van der Waals surface area contributed by atoms with E-state index in [1.165, 1.54) is 42.4 Å². The Morgan fingerprint density at radius 3 is 2.30 bits per heavy atom. The Hall–Kier alpha value is -7.11. The number of carbonyl (C=O) groups excluding carboxylic acids is 5. The average Bonchev–Trinajstić information content (AvgIpc) is 3.69. The average molecular weight is 740 g/mol. The first-order chi connectivity index (χ1) is 25.8. The summed E-state index contributed by atoms with van der Waals surface area (Å²) in [6.07, 6.45) is 4.70. The molecule has 282 valence electrons. The van der Waals surface area contributed by atoms with Crippen molar-refractivity contribution in [3.8, 4) is 11.5 Å². The maximum absolute atomic E-state index is 14.2. The molecule has 0 fully saturated rings. The number of aliphatic imine (C=N–C) groups is 2. The van der Waals surface area contributed by atoms with Crippen LogP contribution in [0.4, 0.5) is 17.3 Å². The number of anilines is 2. The monoisotopic (exact) mass is 739 g/mol. The lowest BCUT2D eigenvalue weighted by Crippen LogP contribution is -2.37. The van der Waals surface area contributed by atoms with Crippen molar-refractivity contribution in [2.75, 3.05) is 30.4 Å². The molecule has 0 spiro atoms. The summed E-state index contributed by atoms with van der Waals surface area (Å²) >= 11 is 0. The standard InChI is InChI=1S/C36H41N11O7/c1-7-41-26(13-20(3)37)35(52)45(30-24(40-5)15-22(32(38)49)18-29(30)54-19-48)11-9-10-12-46-31-25(16-23(33(39)50)17-28(31)53-6)42-36(46)43-34(51)27-14-21(4)44-47(27)8-2/h9-10,13-19H,5,7-8,11-12,37H2,1-4,6H3,(H2,38,49)(H2,39,50)(H,42,43,51)/b10-9+,20-13-,41-26?. The number of allylic oxidation sites excluding steroid dienone is 2. The summed E-state index contributed by atoms with van der Waals surface area (Å²) < 4.78 is 14.0. The summed E-state index contributed by atoms with van der Waals surface area (Å²) in [5.74, 6) is -2.51. The van der Waals surface area contributed by atoms with Gasteiger partial charge >= 0.3 is 0 Å². The zero-order valence-corrected chi connectivity index (χ0v) is 30.5. The highest BCUT2D eigenvalue weighted by Crippen LogP contribution is 2.40. The summed E-state index contributed by atoms with van der Waals surface area (Å²) in [6, 6.07) is 7.09. The third-order valence-electron chi connectivity index (χ3n) is 7.83. The van der Waals surface area contributed by atoms with Crippen molar-refractivity contribution in [3.05, 3.63) is 76.8 Å². The Balaban J connectivity index is 1.85. The number of ether oxygens (including phenoxy) is 2. The molecule has 0 saturated heterocycles. The summed E-state index contributed by atoms with van der Waals surface area (Å²) in [5.41, 5.74) is 19.1. The Labute approximate surface area is 310 Å². The number of nitrogens with two attached hydrogens (primary N) is 3. The number of primary amides is 2. The molecule has 0 aliphatic heterocycles. The number of nitrogens with one attached hydrogen (secondary N) is 1. The van der Waals surface area contributed by atoms with Crippen molar-refractivity contribution in [2.24, 2.45) is 27.2 Å². The van der Waals surface area contributed by atoms with E-state index in [1.807, 2.05) is 6.92 Å². The van der Waals surface area contributed by atoms with Gasteiger partial charge in [0.15, 0.2) is 5.75 Å². The predicted molar refractivity (Wildman–Crippen MR) is 204 cm³/mol. The van der Waals surface area contributed by atoms with Gasteiger partial charge in [0.1, 0.15) is 28.4 Å². The number of hydrogen-bond donors (Lipinski definition) is 4. The number of hydrogen-bond acceptors (Lipinski definition) is 12. The molecule has 0 radical (unpaired) electrons. The normalized spacial score (nSPS) is 11.8. The molecule has 0 unspecified atom stereocenters. The van der Waals surface area contributed by atoms with E-state index in [9.17, 15) is 24.0 Å². The molecule has 4 rings (SSSR count). The molecule has 54 heavy (non-hydrogen) atoms. The molecule has 0 aliphatic carbocycles. The van der Waals surface area contributed by atoms with Crippen molar-refractivity contribution >= 4 is 70.9 Å². The largest absolute Gasteiger partial charge is 0.494 e. The smallest absolute Gasteiger partial charge is 0.298 e. The molecule has 0 aliphatic rings. The first-order valence-electron chi connectivity index (χ1n) is 16.5. The summed E-state index contributed by atoms with van der Waals surface area (Å²) in [6.45, 7) is 11.2. The molecular weight excluding hydrogens is 698 g/mol. The van der Waals surface area contributed by atoms with Gasteiger partial charge in [-0.2, -0.15) is 5.10 Å². The Kier molecular flexibility index (Phi) is 12.8. The van der Waals surface area contributed by atoms with Crippen LogP contribution in [-0.4, -0.2) is 82.1 Å². The molecular formula is C36H41N11O7. The number of methoxy groups -OCH3 is 1. The second-order valence-electron chi connectivity index (χ2n) is 11.6. The number of fused-ring (bicyclic) bond motifs is 1. The third kappa shape index (κ3) is 8.67. The lowest BCUT2D eigenvalue weighted by Gasteiger charge is -2.25. The molecule has 2 aromatic carbocycles. The first kappa shape index (κ1) is 39.7. The van der Waals surface area contributed by atoms with Gasteiger partial charge in [-0.3, -0.25) is 48.9 Å². The van der Waals surface area contributed by atoms with E-state index in [2.05, 4.69) is 32.1 Å². The summed E-state index contributed by atoms with van der Waals surface area (Å²) in [7, 11) is 1.41. The number of benzene rings is 2. The molecule has 2 heterocycles. The molecule has 18 nitrogen and oxygen atoms in total. The number of amides is 4. The van der Waals surface area contributed by atoms with Gasteiger partial charge in [0.05, 0.1) is 24.0 Å². The topological polar surface area (TPSA) is 257 Å². The van der Waals surface area contributed by atoms with Crippen LogP contribution in [0.25, 0.3) is 11.0 Å². The molecule has 0 atom stereocenters. The molecule has 18 heteroatoms. The van der Waals surface area contributed by atoms with Crippen LogP contribution in [-0.2, 0) is 22.7 Å². The Morgan fingerprint density at radius 1 is 1.02 bits per heavy atom. The van der Waals surface area contributed by atoms with E-state index in [4.69, 9.17) is 26.7 Å². The minimum Gasteiger partial charge on any atom is -0.494 e. The van der Waals surface area contributed by atoms with Gasteiger partial charge in [0.2, 0.25) is 17.8 Å². The summed E-state index contributed by atoms with van der Waals surface area (Å²) in [4.78, 5) is 77.7. The zero-order valence-electron chi connectivity index (χ0n) is 30.5. The fourth-order valence-electron chi connectivity index (χ4n) is 5.54. The zero-order chi connectivity index (χ0) is 39.7. The third-order valence-corrected chi connectivity index (χ3v) is 7.83. The lowest BCUT2D eigenvalue weighted by atomic mass is 10.1. The van der Waals surface area contributed by atoms with Crippen LogP contribution in [0.3, 0.4) is 0 Å². The SMILES string of the molecule is C=Nc1cc(C(N)=O)cc(OC=O)c1N(C/C=C/Cn1c(NC(=O)c2cc(C)nn2CC)nc2cc(C(N)=O)cc(OC)c21)C(=O)C(/C=C(/C)N)=NCC. The van der Waals surface area contributed by atoms with Crippen LogP contribution in [0.2, 0.25) is 0 Å². The number of nitrogens with zero attached hydrogens (tertiary/aromatic N) is 7. The van der Waals surface area contributed by atoms with Gasteiger partial charge in [-0.15, -0.1) is 0 Å². The number of carbonyl (C=O) groups is 5. The van der Waals surface area contributed by atoms with Crippen molar-refractivity contribution in [2.45, 2.75) is 40.8 Å². The quantitative estimate of drug-likeness (QED) is 0.0699. The van der Waals surface area contributed by atoms with Crippen molar-refractivity contribution in [3.63, 3.8) is 0 Å². The van der Waals surface area contributed by atoms with E-state index < -0.39 is 23.6 Å². The van der Waals surface area contributed by atoms with Gasteiger partial charge < -0.3 is 31.2 Å². The number of aromatic nitrogens is 4. The van der Waals surface area contributed by atoms with Crippen LogP contribution >= 0.6 is 0 Å². The maximum Gasteiger partial charge on any atom is 0.298 e. The molecule has 0 bridgehead atoms. The minimum absolute atomic E-state index is 0.00635. The lowest BCUT2D eigenvalue weighted by molar-refractivity contribution is -0.120. The van der Waals surface area contributed by atoms with Crippen molar-refractivity contribution in [1.82, 2.24) is 19.3 Å². The molecule has 0 saturated carbocycles. The van der Waals surface area contributed by atoms with Crippen LogP contribution < -0.4 is 36.9 Å². The van der Waals surface area contributed by atoms with Gasteiger partial charge in [-0.05, 0) is 70.8 Å². The van der Waals surface area contributed by atoms with E-state index in [0.717, 1.165) is 0 Å². The van der Waals surface area contributed by atoms with E-state index in [0.29, 0.717) is 34.7 Å².